The highest BCUT2D eigenvalue weighted by molar-refractivity contribution is 6.07. The van der Waals surface area contributed by atoms with Crippen LogP contribution in [0.4, 0.5) is 10.5 Å². The third-order valence-corrected chi connectivity index (χ3v) is 5.42. The number of carbonyl (C=O) groups excluding carboxylic acids is 4. The average molecular weight is 445 g/mol. The van der Waals surface area contributed by atoms with Gasteiger partial charge in [-0.3, -0.25) is 9.59 Å². The quantitative estimate of drug-likeness (QED) is 0.342. The zero-order chi connectivity index (χ0) is 23.8. The van der Waals surface area contributed by atoms with Crippen LogP contribution in [0.3, 0.4) is 0 Å². The van der Waals surface area contributed by atoms with E-state index in [-0.39, 0.29) is 17.6 Å². The van der Waals surface area contributed by atoms with E-state index in [1.54, 1.807) is 45.0 Å². The Morgan fingerprint density at radius 1 is 1.22 bits per heavy atom. The van der Waals surface area contributed by atoms with Gasteiger partial charge in [0.1, 0.15) is 5.70 Å². The maximum absolute atomic E-state index is 12.9. The minimum absolute atomic E-state index is 0.0549. The molecule has 2 heterocycles. The summed E-state index contributed by atoms with van der Waals surface area (Å²) in [6, 6.07) is 5.51. The highest BCUT2D eigenvalue weighted by Gasteiger charge is 2.57. The molecule has 172 valence electrons. The number of aliphatic hydroxyl groups excluding tert-OH is 1. The molecule has 0 unspecified atom stereocenters. The fraction of sp³-hybridized carbons (Fsp3) is 0.455. The van der Waals surface area contributed by atoms with Crippen LogP contribution in [0.1, 0.15) is 39.7 Å². The lowest BCUT2D eigenvalue weighted by Gasteiger charge is -2.44. The number of ether oxygens (including phenoxy) is 2. The molecule has 3 amide bonds. The second-order valence-electron chi connectivity index (χ2n) is 8.87. The van der Waals surface area contributed by atoms with Gasteiger partial charge in [-0.05, 0) is 57.4 Å². The van der Waals surface area contributed by atoms with Crippen LogP contribution in [0.15, 0.2) is 30.0 Å². The Morgan fingerprint density at radius 3 is 2.38 bits per heavy atom. The molecule has 0 bridgehead atoms. The molecule has 2 aliphatic rings. The number of primary amides is 1. The maximum atomic E-state index is 12.9. The summed E-state index contributed by atoms with van der Waals surface area (Å²) < 4.78 is 10.1. The highest BCUT2D eigenvalue weighted by atomic mass is 16.7. The Balaban J connectivity index is 1.85. The first kappa shape index (κ1) is 23.3. The summed E-state index contributed by atoms with van der Waals surface area (Å²) in [6.07, 6.45) is -0.522. The van der Waals surface area contributed by atoms with Crippen molar-refractivity contribution in [2.45, 2.75) is 46.3 Å². The number of fused-ring (bicyclic) bond motifs is 1. The molecule has 10 heteroatoms. The van der Waals surface area contributed by atoms with Gasteiger partial charge >= 0.3 is 18.0 Å². The van der Waals surface area contributed by atoms with E-state index in [1.807, 2.05) is 0 Å². The first-order chi connectivity index (χ1) is 14.9. The minimum Gasteiger partial charge on any atom is -0.427 e. The second-order valence-corrected chi connectivity index (χ2v) is 8.87. The third kappa shape index (κ3) is 4.45. The number of β-lactam (4-membered cyclic amide) rings is 1. The van der Waals surface area contributed by atoms with Gasteiger partial charge in [-0.15, -0.1) is 0 Å². The molecule has 10 nitrogen and oxygen atoms in total. The van der Waals surface area contributed by atoms with Crippen molar-refractivity contribution in [1.29, 1.82) is 0 Å². The van der Waals surface area contributed by atoms with Crippen molar-refractivity contribution in [3.8, 4) is 0 Å². The lowest BCUT2D eigenvalue weighted by molar-refractivity contribution is -0.175. The van der Waals surface area contributed by atoms with Gasteiger partial charge in [0.15, 0.2) is 0 Å². The SMILES string of the molecule is C[C@@H](O)[C@H]1C(=O)N2C(C(=O)OCOC(=O)C(C)(C)C)=C(c3ccc(NC(N)=O)cc3)C[C@H]12. The molecule has 1 fully saturated rings. The van der Waals surface area contributed by atoms with Gasteiger partial charge in [-0.2, -0.15) is 0 Å². The van der Waals surface area contributed by atoms with Gasteiger partial charge < -0.3 is 30.5 Å². The van der Waals surface area contributed by atoms with E-state index in [0.29, 0.717) is 23.2 Å². The Kier molecular flexibility index (Phi) is 6.27. The number of anilines is 1. The molecular weight excluding hydrogens is 418 g/mol. The molecule has 0 radical (unpaired) electrons. The Hall–Kier alpha value is -3.40. The Labute approximate surface area is 185 Å². The number of nitrogens with two attached hydrogens (primary N) is 1. The fourth-order valence-corrected chi connectivity index (χ4v) is 3.83. The smallest absolute Gasteiger partial charge is 0.358 e. The van der Waals surface area contributed by atoms with Crippen molar-refractivity contribution in [2.24, 2.45) is 17.1 Å². The number of nitrogens with zero attached hydrogens (tertiary/aromatic N) is 1. The number of hydrogen-bond acceptors (Lipinski definition) is 7. The number of esters is 2. The zero-order valence-electron chi connectivity index (χ0n) is 18.4. The van der Waals surface area contributed by atoms with E-state index >= 15 is 0 Å². The van der Waals surface area contributed by atoms with Gasteiger partial charge in [0.25, 0.3) is 0 Å². The summed E-state index contributed by atoms with van der Waals surface area (Å²) in [5.41, 5.74) is 6.09. The number of amides is 3. The second kappa shape index (κ2) is 8.62. The molecule has 2 aliphatic heterocycles. The average Bonchev–Trinajstić information content (AvgIpc) is 3.02. The van der Waals surface area contributed by atoms with Gasteiger partial charge in [-0.25, -0.2) is 9.59 Å². The first-order valence-corrected chi connectivity index (χ1v) is 10.2. The van der Waals surface area contributed by atoms with Crippen LogP contribution in [0.25, 0.3) is 5.57 Å². The van der Waals surface area contributed by atoms with Gasteiger partial charge in [0, 0.05) is 5.69 Å². The minimum atomic E-state index is -0.866. The molecular formula is C22H27N3O7. The van der Waals surface area contributed by atoms with Crippen molar-refractivity contribution in [3.05, 3.63) is 35.5 Å². The number of carbonyl (C=O) groups is 4. The zero-order valence-corrected chi connectivity index (χ0v) is 18.4. The number of aliphatic hydroxyl groups is 1. The van der Waals surface area contributed by atoms with Crippen molar-refractivity contribution < 1.29 is 33.8 Å². The molecule has 1 aromatic carbocycles. The topological polar surface area (TPSA) is 148 Å². The van der Waals surface area contributed by atoms with Crippen molar-refractivity contribution >= 4 is 35.1 Å². The predicted octanol–water partition coefficient (Wildman–Crippen LogP) is 1.59. The van der Waals surface area contributed by atoms with Crippen LogP contribution < -0.4 is 11.1 Å². The first-order valence-electron chi connectivity index (χ1n) is 10.2. The van der Waals surface area contributed by atoms with Crippen molar-refractivity contribution in [3.63, 3.8) is 0 Å². The Bertz CT molecular complexity index is 976. The monoisotopic (exact) mass is 445 g/mol. The number of hydrogen-bond donors (Lipinski definition) is 3. The Morgan fingerprint density at radius 2 is 1.84 bits per heavy atom. The summed E-state index contributed by atoms with van der Waals surface area (Å²) in [5, 5.41) is 12.4. The molecule has 0 aliphatic carbocycles. The molecule has 1 aromatic rings. The molecule has 0 saturated carbocycles. The predicted molar refractivity (Wildman–Crippen MR) is 113 cm³/mol. The van der Waals surface area contributed by atoms with E-state index in [9.17, 15) is 24.3 Å². The van der Waals surface area contributed by atoms with Gasteiger partial charge in [0.2, 0.25) is 12.7 Å². The molecule has 0 spiro atoms. The summed E-state index contributed by atoms with van der Waals surface area (Å²) in [6.45, 7) is 5.97. The standard InChI is InChI=1S/C22H27N3O7/c1-11(26)16-15-9-14(12-5-7-13(8-6-12)24-21(23)30)17(25(15)18(16)27)19(28)31-10-32-20(29)22(2,3)4/h5-8,11,15-16,26H,9-10H2,1-4H3,(H3,23,24,30)/t11-,15-,16-/m1/s1. The van der Waals surface area contributed by atoms with E-state index in [1.165, 1.54) is 11.8 Å². The van der Waals surface area contributed by atoms with Crippen LogP contribution in [0, 0.1) is 11.3 Å². The molecule has 4 N–H and O–H groups in total. The highest BCUT2D eigenvalue weighted by Crippen LogP contribution is 2.47. The van der Waals surface area contributed by atoms with E-state index in [2.05, 4.69) is 5.32 Å². The summed E-state index contributed by atoms with van der Waals surface area (Å²) in [4.78, 5) is 49.8. The fourth-order valence-electron chi connectivity index (χ4n) is 3.83. The van der Waals surface area contributed by atoms with Crippen LogP contribution in [0.2, 0.25) is 0 Å². The maximum Gasteiger partial charge on any atom is 0.358 e. The van der Waals surface area contributed by atoms with Crippen molar-refractivity contribution in [1.82, 2.24) is 4.90 Å². The van der Waals surface area contributed by atoms with Crippen molar-refractivity contribution in [2.75, 3.05) is 12.1 Å². The number of urea groups is 1. The normalized spacial score (nSPS) is 20.9. The summed E-state index contributed by atoms with van der Waals surface area (Å²) in [5.74, 6) is -2.33. The summed E-state index contributed by atoms with van der Waals surface area (Å²) in [7, 11) is 0. The molecule has 3 atom stereocenters. The molecule has 3 rings (SSSR count). The summed E-state index contributed by atoms with van der Waals surface area (Å²) >= 11 is 0. The lowest BCUT2D eigenvalue weighted by Crippen LogP contribution is -2.61. The third-order valence-electron chi connectivity index (χ3n) is 5.42. The van der Waals surface area contributed by atoms with Crippen LogP contribution in [0.5, 0.6) is 0 Å². The molecule has 0 aromatic heterocycles. The van der Waals surface area contributed by atoms with E-state index < -0.39 is 42.2 Å². The number of rotatable bonds is 6. The number of benzene rings is 1. The molecule has 32 heavy (non-hydrogen) atoms. The van der Waals surface area contributed by atoms with E-state index in [0.717, 1.165) is 0 Å². The van der Waals surface area contributed by atoms with Crippen LogP contribution in [-0.4, -0.2) is 52.8 Å². The number of nitrogens with one attached hydrogen (secondary N) is 1. The van der Waals surface area contributed by atoms with Gasteiger partial charge in [0.05, 0.1) is 23.5 Å². The molecule has 1 saturated heterocycles. The van der Waals surface area contributed by atoms with Gasteiger partial charge in [-0.1, -0.05) is 12.1 Å². The van der Waals surface area contributed by atoms with E-state index in [4.69, 9.17) is 15.2 Å². The van der Waals surface area contributed by atoms with Crippen LogP contribution >= 0.6 is 0 Å². The largest absolute Gasteiger partial charge is 0.427 e. The van der Waals surface area contributed by atoms with Crippen LogP contribution in [-0.2, 0) is 23.9 Å². The lowest BCUT2D eigenvalue weighted by atomic mass is 9.82.